The van der Waals surface area contributed by atoms with Crippen molar-refractivity contribution in [3.8, 4) is 28.7 Å². The van der Waals surface area contributed by atoms with E-state index in [0.717, 1.165) is 0 Å². The van der Waals surface area contributed by atoms with Gasteiger partial charge in [0.25, 0.3) is 11.8 Å². The highest BCUT2D eigenvalue weighted by Gasteiger charge is 2.44. The van der Waals surface area contributed by atoms with E-state index in [9.17, 15) is 18.8 Å². The first-order valence-corrected chi connectivity index (χ1v) is 13.6. The van der Waals surface area contributed by atoms with Gasteiger partial charge in [-0.05, 0) is 60.2 Å². The molecule has 0 unspecified atom stereocenters. The Hall–Kier alpha value is -4.80. The Bertz CT molecular complexity index is 1470. The summed E-state index contributed by atoms with van der Waals surface area (Å²) >= 11 is 0. The fourth-order valence-electron chi connectivity index (χ4n) is 4.97. The number of rotatable bonds is 1. The SMILES string of the molecule is COc1ccc2cc1Oc1cc(F)cc(c1)CNC(=O)C1(CCN(C(C)=O)CC1)Oc1ccc(cc1)OCCNC2=O. The van der Waals surface area contributed by atoms with Crippen LogP contribution in [0.25, 0.3) is 0 Å². The fourth-order valence-corrected chi connectivity index (χ4v) is 4.97. The zero-order valence-corrected chi connectivity index (χ0v) is 23.4. The Morgan fingerprint density at radius 2 is 1.69 bits per heavy atom. The lowest BCUT2D eigenvalue weighted by Gasteiger charge is -2.40. The Balaban J connectivity index is 1.46. The molecule has 6 bridgehead atoms. The largest absolute Gasteiger partial charge is 0.493 e. The molecule has 3 aliphatic rings. The third kappa shape index (κ3) is 6.56. The standard InChI is InChI=1S/C31H32FN3O7/c1-20(36)35-12-9-31(10-13-35)30(38)34-19-21-15-23(32)18-26(16-21)41-28-17-22(3-8-27(28)39-2)29(37)33-11-14-40-24-4-6-25(42-31)7-5-24/h3-8,15-18H,9-14,19H2,1-2H3,(H,33,37)(H,34,38). The molecule has 6 rings (SSSR count). The lowest BCUT2D eigenvalue weighted by atomic mass is 9.89. The van der Waals surface area contributed by atoms with Crippen LogP contribution in [0.15, 0.2) is 60.7 Å². The van der Waals surface area contributed by atoms with Crippen molar-refractivity contribution in [1.29, 1.82) is 0 Å². The van der Waals surface area contributed by atoms with Crippen molar-refractivity contribution in [3.05, 3.63) is 77.6 Å². The molecule has 0 aromatic heterocycles. The van der Waals surface area contributed by atoms with Crippen LogP contribution in [0.3, 0.4) is 0 Å². The van der Waals surface area contributed by atoms with E-state index >= 15 is 0 Å². The molecule has 3 amide bonds. The predicted octanol–water partition coefficient (Wildman–Crippen LogP) is 3.83. The summed E-state index contributed by atoms with van der Waals surface area (Å²) in [5, 5.41) is 5.69. The first kappa shape index (κ1) is 28.7. The molecule has 0 aliphatic carbocycles. The Kier molecular flexibility index (Phi) is 8.46. The van der Waals surface area contributed by atoms with E-state index in [4.69, 9.17) is 18.9 Å². The van der Waals surface area contributed by atoms with E-state index in [-0.39, 0.29) is 61.8 Å². The van der Waals surface area contributed by atoms with E-state index in [0.29, 0.717) is 41.5 Å². The number of carbonyl (C=O) groups excluding carboxylic acids is 3. The quantitative estimate of drug-likeness (QED) is 0.452. The molecule has 1 spiro atoms. The van der Waals surface area contributed by atoms with Gasteiger partial charge in [-0.15, -0.1) is 0 Å². The number of benzene rings is 3. The molecule has 0 saturated carbocycles. The molecule has 11 heteroatoms. The van der Waals surface area contributed by atoms with Gasteiger partial charge in [-0.25, -0.2) is 4.39 Å². The Morgan fingerprint density at radius 3 is 2.40 bits per heavy atom. The van der Waals surface area contributed by atoms with Crippen LogP contribution in [-0.4, -0.2) is 61.6 Å². The number of halogens is 1. The number of ether oxygens (including phenoxy) is 4. The highest BCUT2D eigenvalue weighted by molar-refractivity contribution is 5.95. The van der Waals surface area contributed by atoms with Gasteiger partial charge in [-0.2, -0.15) is 0 Å². The molecule has 0 radical (unpaired) electrons. The van der Waals surface area contributed by atoms with Crippen molar-refractivity contribution in [2.45, 2.75) is 31.9 Å². The van der Waals surface area contributed by atoms with Crippen molar-refractivity contribution in [2.24, 2.45) is 0 Å². The van der Waals surface area contributed by atoms with Gasteiger partial charge in [0.1, 0.15) is 29.7 Å². The predicted molar refractivity (Wildman–Crippen MR) is 150 cm³/mol. The van der Waals surface area contributed by atoms with Crippen LogP contribution in [-0.2, 0) is 16.1 Å². The third-order valence-corrected chi connectivity index (χ3v) is 7.26. The van der Waals surface area contributed by atoms with Crippen LogP contribution < -0.4 is 29.6 Å². The van der Waals surface area contributed by atoms with E-state index < -0.39 is 11.4 Å². The number of carbonyl (C=O) groups is 3. The summed E-state index contributed by atoms with van der Waals surface area (Å²) in [6, 6.07) is 15.7. The first-order valence-electron chi connectivity index (χ1n) is 13.6. The summed E-state index contributed by atoms with van der Waals surface area (Å²) in [7, 11) is 1.46. The van der Waals surface area contributed by atoms with Gasteiger partial charge >= 0.3 is 0 Å². The lowest BCUT2D eigenvalue weighted by Crippen LogP contribution is -2.57. The van der Waals surface area contributed by atoms with E-state index in [1.165, 1.54) is 32.2 Å². The fraction of sp³-hybridized carbons (Fsp3) is 0.323. The van der Waals surface area contributed by atoms with Crippen molar-refractivity contribution in [3.63, 3.8) is 0 Å². The molecular weight excluding hydrogens is 545 g/mol. The van der Waals surface area contributed by atoms with Crippen LogP contribution in [0.5, 0.6) is 28.7 Å². The maximum atomic E-state index is 14.7. The minimum atomic E-state index is -1.24. The van der Waals surface area contributed by atoms with Crippen LogP contribution in [0.4, 0.5) is 4.39 Å². The summed E-state index contributed by atoms with van der Waals surface area (Å²) in [5.41, 5.74) is -0.462. The summed E-state index contributed by atoms with van der Waals surface area (Å²) < 4.78 is 38.1. The van der Waals surface area contributed by atoms with Gasteiger partial charge in [0.05, 0.1) is 13.7 Å². The van der Waals surface area contributed by atoms with Crippen molar-refractivity contribution in [2.75, 3.05) is 33.4 Å². The Morgan fingerprint density at radius 1 is 0.952 bits per heavy atom. The normalized spacial score (nSPS) is 17.1. The molecule has 3 heterocycles. The maximum Gasteiger partial charge on any atom is 0.264 e. The number of fused-ring (bicyclic) bond motifs is 8. The number of nitrogens with zero attached hydrogens (tertiary/aromatic N) is 1. The minimum Gasteiger partial charge on any atom is -0.493 e. The van der Waals surface area contributed by atoms with Crippen LogP contribution in [0, 0.1) is 5.82 Å². The number of likely N-dealkylation sites (tertiary alicyclic amines) is 1. The average Bonchev–Trinajstić information content (AvgIpc) is 2.98. The van der Waals surface area contributed by atoms with Crippen LogP contribution in [0.2, 0.25) is 0 Å². The number of nitrogens with one attached hydrogen (secondary N) is 2. The van der Waals surface area contributed by atoms with Gasteiger partial charge in [-0.3, -0.25) is 14.4 Å². The Labute approximate surface area is 242 Å². The summed E-state index contributed by atoms with van der Waals surface area (Å²) in [6.07, 6.45) is 0.564. The molecule has 220 valence electrons. The van der Waals surface area contributed by atoms with Crippen molar-refractivity contribution < 1.29 is 37.7 Å². The number of hydrogen-bond donors (Lipinski definition) is 2. The van der Waals surface area contributed by atoms with Crippen LogP contribution in [0.1, 0.15) is 35.7 Å². The average molecular weight is 578 g/mol. The molecule has 3 aliphatic heterocycles. The number of methoxy groups -OCH3 is 1. The molecule has 3 aromatic carbocycles. The van der Waals surface area contributed by atoms with Crippen molar-refractivity contribution in [1.82, 2.24) is 15.5 Å². The molecule has 10 nitrogen and oxygen atoms in total. The second-order valence-corrected chi connectivity index (χ2v) is 10.1. The van der Waals surface area contributed by atoms with Gasteiger partial charge in [-0.1, -0.05) is 0 Å². The van der Waals surface area contributed by atoms with Gasteiger partial charge in [0.15, 0.2) is 17.1 Å². The first-order chi connectivity index (χ1) is 20.2. The summed E-state index contributed by atoms with van der Waals surface area (Å²) in [5.74, 6) is 0.409. The van der Waals surface area contributed by atoms with Crippen molar-refractivity contribution >= 4 is 17.7 Å². The molecule has 0 atom stereocenters. The second-order valence-electron chi connectivity index (χ2n) is 10.1. The lowest BCUT2D eigenvalue weighted by molar-refractivity contribution is -0.145. The minimum absolute atomic E-state index is 0.000838. The second kappa shape index (κ2) is 12.4. The molecule has 42 heavy (non-hydrogen) atoms. The monoisotopic (exact) mass is 577 g/mol. The summed E-state index contributed by atoms with van der Waals surface area (Å²) in [6.45, 7) is 2.66. The van der Waals surface area contributed by atoms with E-state index in [1.807, 2.05) is 0 Å². The third-order valence-electron chi connectivity index (χ3n) is 7.26. The van der Waals surface area contributed by atoms with Crippen LogP contribution >= 0.6 is 0 Å². The van der Waals surface area contributed by atoms with Gasteiger partial charge in [0, 0.05) is 51.0 Å². The number of amides is 3. The maximum absolute atomic E-state index is 14.7. The van der Waals surface area contributed by atoms with E-state index in [2.05, 4.69) is 10.6 Å². The van der Waals surface area contributed by atoms with Gasteiger partial charge < -0.3 is 34.5 Å². The zero-order valence-electron chi connectivity index (χ0n) is 23.4. The highest BCUT2D eigenvalue weighted by Crippen LogP contribution is 2.34. The summed E-state index contributed by atoms with van der Waals surface area (Å²) in [4.78, 5) is 40.1. The number of hydrogen-bond acceptors (Lipinski definition) is 7. The highest BCUT2D eigenvalue weighted by atomic mass is 19.1. The zero-order chi connectivity index (χ0) is 29.7. The molecule has 1 fully saturated rings. The smallest absolute Gasteiger partial charge is 0.264 e. The number of piperidine rings is 1. The van der Waals surface area contributed by atoms with Gasteiger partial charge in [0.2, 0.25) is 5.91 Å². The molecule has 1 saturated heterocycles. The van der Waals surface area contributed by atoms with E-state index in [1.54, 1.807) is 47.4 Å². The molecule has 2 N–H and O–H groups in total. The molecular formula is C31H32FN3O7. The molecule has 3 aromatic rings. The topological polar surface area (TPSA) is 115 Å².